The highest BCUT2D eigenvalue weighted by molar-refractivity contribution is 7.98. The summed E-state index contributed by atoms with van der Waals surface area (Å²) in [5.74, 6) is 0.347. The van der Waals surface area contributed by atoms with Gasteiger partial charge in [-0.05, 0) is 17.7 Å². The van der Waals surface area contributed by atoms with Gasteiger partial charge < -0.3 is 10.3 Å². The van der Waals surface area contributed by atoms with Gasteiger partial charge in [-0.25, -0.2) is 4.98 Å². The van der Waals surface area contributed by atoms with Gasteiger partial charge >= 0.3 is 0 Å². The second-order valence-electron chi connectivity index (χ2n) is 4.85. The van der Waals surface area contributed by atoms with Gasteiger partial charge in [0.25, 0.3) is 5.56 Å². The topological polar surface area (TPSA) is 74.8 Å². The first-order valence-corrected chi connectivity index (χ1v) is 8.76. The molecular weight excluding hydrogens is 369 g/mol. The van der Waals surface area contributed by atoms with Crippen molar-refractivity contribution in [3.63, 3.8) is 0 Å². The molecule has 0 aliphatic carbocycles. The molecule has 1 aromatic heterocycles. The van der Waals surface area contributed by atoms with E-state index in [1.165, 1.54) is 17.8 Å². The van der Waals surface area contributed by atoms with Crippen LogP contribution in [-0.4, -0.2) is 22.4 Å². The van der Waals surface area contributed by atoms with Crippen LogP contribution in [0.1, 0.15) is 11.3 Å². The lowest BCUT2D eigenvalue weighted by atomic mass is 10.2. The van der Waals surface area contributed by atoms with Crippen molar-refractivity contribution in [3.8, 4) is 0 Å². The van der Waals surface area contributed by atoms with E-state index < -0.39 is 0 Å². The molecule has 2 rings (SSSR count). The minimum Gasteiger partial charge on any atom is -0.352 e. The molecule has 0 saturated carbocycles. The lowest BCUT2D eigenvalue weighted by molar-refractivity contribution is -0.120. The first-order valence-electron chi connectivity index (χ1n) is 7.02. The van der Waals surface area contributed by atoms with E-state index >= 15 is 0 Å². The van der Waals surface area contributed by atoms with E-state index in [0.29, 0.717) is 33.2 Å². The van der Waals surface area contributed by atoms with Gasteiger partial charge in [0.15, 0.2) is 5.16 Å². The van der Waals surface area contributed by atoms with Crippen LogP contribution in [-0.2, 0) is 17.0 Å². The molecule has 126 valence electrons. The first-order chi connectivity index (χ1) is 11.5. The molecule has 0 saturated heterocycles. The van der Waals surface area contributed by atoms with Crippen LogP contribution in [0.25, 0.3) is 0 Å². The summed E-state index contributed by atoms with van der Waals surface area (Å²) >= 11 is 13.2. The van der Waals surface area contributed by atoms with Gasteiger partial charge in [-0.15, -0.1) is 6.58 Å². The molecule has 0 unspecified atom stereocenters. The normalized spacial score (nSPS) is 10.4. The van der Waals surface area contributed by atoms with E-state index in [-0.39, 0.29) is 17.9 Å². The number of carbonyl (C=O) groups excluding carboxylic acids is 1. The molecule has 0 aliphatic heterocycles. The summed E-state index contributed by atoms with van der Waals surface area (Å²) in [5.41, 5.74) is 1.07. The monoisotopic (exact) mass is 383 g/mol. The van der Waals surface area contributed by atoms with Crippen LogP contribution in [0.15, 0.2) is 46.9 Å². The fourth-order valence-electron chi connectivity index (χ4n) is 1.84. The van der Waals surface area contributed by atoms with Crippen LogP contribution in [0, 0.1) is 0 Å². The summed E-state index contributed by atoms with van der Waals surface area (Å²) in [7, 11) is 0. The molecule has 5 nitrogen and oxygen atoms in total. The van der Waals surface area contributed by atoms with Crippen molar-refractivity contribution < 1.29 is 4.79 Å². The average Bonchev–Trinajstić information content (AvgIpc) is 2.53. The molecule has 2 N–H and O–H groups in total. The van der Waals surface area contributed by atoms with E-state index in [4.69, 9.17) is 23.2 Å². The fraction of sp³-hybridized carbons (Fsp3) is 0.188. The Bertz CT molecular complexity index is 808. The standard InChI is InChI=1S/C16H15Cl2N3O2S/c1-2-5-19-14(22)7-11-8-15(23)21-16(20-11)24-9-10-3-4-12(17)13(18)6-10/h2-4,6,8H,1,5,7,9H2,(H,19,22)(H,20,21,23). The number of hydrogen-bond donors (Lipinski definition) is 2. The van der Waals surface area contributed by atoms with Gasteiger partial charge in [-0.1, -0.05) is 47.1 Å². The highest BCUT2D eigenvalue weighted by atomic mass is 35.5. The number of H-pyrrole nitrogens is 1. The van der Waals surface area contributed by atoms with Crippen molar-refractivity contribution >= 4 is 40.9 Å². The van der Waals surface area contributed by atoms with Crippen molar-refractivity contribution in [3.05, 3.63) is 68.6 Å². The number of nitrogens with zero attached hydrogens (tertiary/aromatic N) is 1. The lowest BCUT2D eigenvalue weighted by Gasteiger charge is -2.05. The number of amides is 1. The molecule has 1 amide bonds. The van der Waals surface area contributed by atoms with E-state index in [0.717, 1.165) is 5.56 Å². The molecule has 0 radical (unpaired) electrons. The number of hydrogen-bond acceptors (Lipinski definition) is 4. The third-order valence-electron chi connectivity index (χ3n) is 2.92. The maximum absolute atomic E-state index is 11.7. The zero-order valence-corrected chi connectivity index (χ0v) is 15.0. The minimum atomic E-state index is -0.298. The molecule has 1 aromatic carbocycles. The fourth-order valence-corrected chi connectivity index (χ4v) is 2.99. The van der Waals surface area contributed by atoms with Crippen LogP contribution in [0.2, 0.25) is 10.0 Å². The van der Waals surface area contributed by atoms with Crippen molar-refractivity contribution in [2.75, 3.05) is 6.54 Å². The van der Waals surface area contributed by atoms with Gasteiger partial charge in [-0.2, -0.15) is 0 Å². The number of thioether (sulfide) groups is 1. The van der Waals surface area contributed by atoms with E-state index in [1.807, 2.05) is 6.07 Å². The highest BCUT2D eigenvalue weighted by Gasteiger charge is 2.08. The molecular formula is C16H15Cl2N3O2S. The Morgan fingerprint density at radius 1 is 1.33 bits per heavy atom. The van der Waals surface area contributed by atoms with Crippen LogP contribution < -0.4 is 10.9 Å². The number of rotatable bonds is 7. The van der Waals surface area contributed by atoms with Crippen LogP contribution in [0.3, 0.4) is 0 Å². The quantitative estimate of drug-likeness (QED) is 0.437. The summed E-state index contributed by atoms with van der Waals surface area (Å²) in [6, 6.07) is 6.65. The molecule has 24 heavy (non-hydrogen) atoms. The summed E-state index contributed by atoms with van der Waals surface area (Å²) < 4.78 is 0. The van der Waals surface area contributed by atoms with Gasteiger partial charge in [-0.3, -0.25) is 9.59 Å². The predicted octanol–water partition coefficient (Wildman–Crippen LogP) is 3.21. The number of aromatic nitrogens is 2. The first kappa shape index (κ1) is 18.6. The maximum Gasteiger partial charge on any atom is 0.251 e. The Morgan fingerprint density at radius 2 is 2.12 bits per heavy atom. The van der Waals surface area contributed by atoms with Crippen molar-refractivity contribution in [2.24, 2.45) is 0 Å². The summed E-state index contributed by atoms with van der Waals surface area (Å²) in [6.07, 6.45) is 1.62. The minimum absolute atomic E-state index is 0.0398. The van der Waals surface area contributed by atoms with E-state index in [9.17, 15) is 9.59 Å². The Balaban J connectivity index is 2.04. The SMILES string of the molecule is C=CCNC(=O)Cc1cc(=O)[nH]c(SCc2ccc(Cl)c(Cl)c2)n1. The smallest absolute Gasteiger partial charge is 0.251 e. The third-order valence-corrected chi connectivity index (χ3v) is 4.60. The maximum atomic E-state index is 11.7. The van der Waals surface area contributed by atoms with Gasteiger partial charge in [0, 0.05) is 18.4 Å². The Hall–Kier alpha value is -1.76. The second-order valence-corrected chi connectivity index (χ2v) is 6.63. The van der Waals surface area contributed by atoms with Crippen LogP contribution in [0.5, 0.6) is 0 Å². The zero-order valence-electron chi connectivity index (χ0n) is 12.6. The summed E-state index contributed by atoms with van der Waals surface area (Å²) in [5, 5.41) is 4.06. The van der Waals surface area contributed by atoms with Crippen LogP contribution >= 0.6 is 35.0 Å². The average molecular weight is 384 g/mol. The summed E-state index contributed by atoms with van der Waals surface area (Å²) in [4.78, 5) is 30.4. The molecule has 0 bridgehead atoms. The largest absolute Gasteiger partial charge is 0.352 e. The second kappa shape index (κ2) is 8.92. The Morgan fingerprint density at radius 3 is 2.83 bits per heavy atom. The van der Waals surface area contributed by atoms with Crippen LogP contribution in [0.4, 0.5) is 0 Å². The number of carbonyl (C=O) groups is 1. The molecule has 2 aromatic rings. The molecule has 1 heterocycles. The number of benzene rings is 1. The number of nitrogens with one attached hydrogen (secondary N) is 2. The predicted molar refractivity (Wildman–Crippen MR) is 97.8 cm³/mol. The molecule has 0 fully saturated rings. The Labute approximate surface area is 153 Å². The number of halogens is 2. The van der Waals surface area contributed by atoms with Crippen molar-refractivity contribution in [2.45, 2.75) is 17.3 Å². The molecule has 0 spiro atoms. The zero-order chi connectivity index (χ0) is 17.5. The lowest BCUT2D eigenvalue weighted by Crippen LogP contribution is -2.26. The summed E-state index contributed by atoms with van der Waals surface area (Å²) in [6.45, 7) is 3.90. The van der Waals surface area contributed by atoms with E-state index in [2.05, 4.69) is 21.9 Å². The molecule has 0 aliphatic rings. The Kier molecular flexibility index (Phi) is 6.90. The van der Waals surface area contributed by atoms with Gasteiger partial charge in [0.1, 0.15) is 0 Å². The highest BCUT2D eigenvalue weighted by Crippen LogP contribution is 2.26. The number of aromatic amines is 1. The van der Waals surface area contributed by atoms with Gasteiger partial charge in [0.2, 0.25) is 5.91 Å². The molecule has 8 heteroatoms. The third kappa shape index (κ3) is 5.70. The van der Waals surface area contributed by atoms with Crippen molar-refractivity contribution in [1.29, 1.82) is 0 Å². The van der Waals surface area contributed by atoms with Gasteiger partial charge in [0.05, 0.1) is 22.2 Å². The molecule has 0 atom stereocenters. The van der Waals surface area contributed by atoms with Crippen molar-refractivity contribution in [1.82, 2.24) is 15.3 Å². The van der Waals surface area contributed by atoms with E-state index in [1.54, 1.807) is 18.2 Å².